The molecule has 0 unspecified atom stereocenters. The number of guanidine groups is 1. The second-order valence-electron chi connectivity index (χ2n) is 5.36. The molecule has 0 aliphatic carbocycles. The number of hydrogen-bond acceptors (Lipinski definition) is 4. The second-order valence-corrected chi connectivity index (χ2v) is 6.36. The molecule has 1 aromatic carbocycles. The van der Waals surface area contributed by atoms with Gasteiger partial charge in [0.25, 0.3) is 5.91 Å². The van der Waals surface area contributed by atoms with E-state index in [0.717, 1.165) is 12.3 Å². The van der Waals surface area contributed by atoms with Crippen LogP contribution >= 0.6 is 11.3 Å². The average Bonchev–Trinajstić information content (AvgIpc) is 3.06. The molecule has 0 saturated heterocycles. The van der Waals surface area contributed by atoms with Crippen LogP contribution in [0.3, 0.4) is 0 Å². The number of hydrogen-bond donors (Lipinski definition) is 3. The summed E-state index contributed by atoms with van der Waals surface area (Å²) < 4.78 is 5.08. The van der Waals surface area contributed by atoms with E-state index in [1.54, 1.807) is 49.8 Å². The summed E-state index contributed by atoms with van der Waals surface area (Å²) in [6.07, 6.45) is 0. The van der Waals surface area contributed by atoms with Gasteiger partial charge in [-0.1, -0.05) is 0 Å². The first kappa shape index (κ1) is 18.8. The van der Waals surface area contributed by atoms with E-state index in [1.807, 2.05) is 0 Å². The van der Waals surface area contributed by atoms with E-state index < -0.39 is 0 Å². The Morgan fingerprint density at radius 1 is 1.12 bits per heavy atom. The molecule has 0 saturated carbocycles. The van der Waals surface area contributed by atoms with E-state index in [2.05, 4.69) is 39.3 Å². The molecule has 0 aliphatic heterocycles. The van der Waals surface area contributed by atoms with Gasteiger partial charge < -0.3 is 20.7 Å². The summed E-state index contributed by atoms with van der Waals surface area (Å²) in [4.78, 5) is 17.5. The minimum atomic E-state index is -0.110. The molecule has 134 valence electrons. The smallest absolute Gasteiger partial charge is 0.251 e. The Morgan fingerprint density at radius 2 is 1.84 bits per heavy atom. The molecule has 2 rings (SSSR count). The van der Waals surface area contributed by atoms with E-state index in [-0.39, 0.29) is 5.91 Å². The Balaban J connectivity index is 1.69. The maximum absolute atomic E-state index is 12.1. The number of aliphatic imine (C=N–C) groups is 1. The third-order valence-electron chi connectivity index (χ3n) is 3.66. The topological polar surface area (TPSA) is 74.8 Å². The van der Waals surface area contributed by atoms with Crippen LogP contribution in [0.1, 0.15) is 20.8 Å². The molecule has 1 heterocycles. The van der Waals surface area contributed by atoms with Gasteiger partial charge in [-0.2, -0.15) is 0 Å². The molecule has 1 aromatic heterocycles. The second kappa shape index (κ2) is 9.68. The van der Waals surface area contributed by atoms with E-state index >= 15 is 0 Å². The zero-order valence-electron chi connectivity index (χ0n) is 14.8. The lowest BCUT2D eigenvalue weighted by Gasteiger charge is -2.12. The van der Waals surface area contributed by atoms with Gasteiger partial charge in [-0.25, -0.2) is 0 Å². The van der Waals surface area contributed by atoms with Gasteiger partial charge in [0.05, 0.1) is 13.7 Å². The lowest BCUT2D eigenvalue weighted by molar-refractivity contribution is 0.0954. The number of carbonyl (C=O) groups excluding carboxylic acids is 1. The van der Waals surface area contributed by atoms with E-state index in [1.165, 1.54) is 10.4 Å². The van der Waals surface area contributed by atoms with Crippen molar-refractivity contribution in [3.8, 4) is 5.75 Å². The minimum Gasteiger partial charge on any atom is -0.497 e. The molecule has 1 amide bonds. The quantitative estimate of drug-likeness (QED) is 0.402. The number of nitrogens with zero attached hydrogens (tertiary/aromatic N) is 1. The molecule has 0 fully saturated rings. The van der Waals surface area contributed by atoms with E-state index in [0.29, 0.717) is 24.6 Å². The van der Waals surface area contributed by atoms with Crippen molar-refractivity contribution < 1.29 is 9.53 Å². The van der Waals surface area contributed by atoms with Gasteiger partial charge in [-0.3, -0.25) is 9.79 Å². The van der Waals surface area contributed by atoms with Crippen LogP contribution in [0.25, 0.3) is 0 Å². The number of rotatable bonds is 7. The van der Waals surface area contributed by atoms with Crippen molar-refractivity contribution in [2.75, 3.05) is 27.2 Å². The van der Waals surface area contributed by atoms with Crippen molar-refractivity contribution in [1.29, 1.82) is 0 Å². The van der Waals surface area contributed by atoms with Gasteiger partial charge in [-0.05, 0) is 48.2 Å². The predicted octanol–water partition coefficient (Wildman–Crippen LogP) is 2.16. The summed E-state index contributed by atoms with van der Waals surface area (Å²) in [7, 11) is 3.33. The fourth-order valence-electron chi connectivity index (χ4n) is 2.17. The average molecular weight is 360 g/mol. The van der Waals surface area contributed by atoms with Crippen molar-refractivity contribution >= 4 is 23.2 Å². The van der Waals surface area contributed by atoms with Crippen LogP contribution < -0.4 is 20.7 Å². The summed E-state index contributed by atoms with van der Waals surface area (Å²) >= 11 is 1.72. The maximum atomic E-state index is 12.1. The molecular weight excluding hydrogens is 336 g/mol. The standard InChI is InChI=1S/C18H24N4O2S/c1-13-8-11-25-16(13)12-22-18(19-2)21-10-9-20-17(23)14-4-6-15(24-3)7-5-14/h4-8,11H,9-10,12H2,1-3H3,(H,20,23)(H2,19,21,22). The van der Waals surface area contributed by atoms with Crippen LogP contribution in [0.5, 0.6) is 5.75 Å². The molecule has 0 spiro atoms. The van der Waals surface area contributed by atoms with Crippen molar-refractivity contribution in [2.45, 2.75) is 13.5 Å². The summed E-state index contributed by atoms with van der Waals surface area (Å²) in [5, 5.41) is 11.4. The molecular formula is C18H24N4O2S. The first-order valence-corrected chi connectivity index (χ1v) is 8.91. The number of ether oxygens (including phenoxy) is 1. The van der Waals surface area contributed by atoms with Gasteiger partial charge in [0.2, 0.25) is 0 Å². The monoisotopic (exact) mass is 360 g/mol. The summed E-state index contributed by atoms with van der Waals surface area (Å²) in [6, 6.07) is 9.13. The zero-order valence-corrected chi connectivity index (χ0v) is 15.6. The summed E-state index contributed by atoms with van der Waals surface area (Å²) in [6.45, 7) is 3.92. The van der Waals surface area contributed by atoms with Crippen LogP contribution in [-0.2, 0) is 6.54 Å². The number of amides is 1. The molecule has 0 radical (unpaired) electrons. The lowest BCUT2D eigenvalue weighted by atomic mass is 10.2. The Hall–Kier alpha value is -2.54. The summed E-state index contributed by atoms with van der Waals surface area (Å²) in [5.74, 6) is 1.34. The lowest BCUT2D eigenvalue weighted by Crippen LogP contribution is -2.41. The molecule has 0 bridgehead atoms. The van der Waals surface area contributed by atoms with Crippen molar-refractivity contribution in [1.82, 2.24) is 16.0 Å². The first-order chi connectivity index (χ1) is 12.1. The van der Waals surface area contributed by atoms with Crippen LogP contribution in [0, 0.1) is 6.92 Å². The number of thiophene rings is 1. The highest BCUT2D eigenvalue weighted by Crippen LogP contribution is 2.14. The molecule has 25 heavy (non-hydrogen) atoms. The first-order valence-electron chi connectivity index (χ1n) is 8.03. The molecule has 2 aromatic rings. The van der Waals surface area contributed by atoms with Gasteiger partial charge in [0.1, 0.15) is 5.75 Å². The minimum absolute atomic E-state index is 0.110. The van der Waals surface area contributed by atoms with Crippen molar-refractivity contribution in [3.05, 3.63) is 51.7 Å². The van der Waals surface area contributed by atoms with Gasteiger partial charge in [-0.15, -0.1) is 11.3 Å². The van der Waals surface area contributed by atoms with Crippen LogP contribution in [-0.4, -0.2) is 39.1 Å². The van der Waals surface area contributed by atoms with Gasteiger partial charge >= 0.3 is 0 Å². The molecule has 0 aliphatic rings. The number of methoxy groups -OCH3 is 1. The van der Waals surface area contributed by atoms with Crippen LogP contribution in [0.2, 0.25) is 0 Å². The number of benzene rings is 1. The number of nitrogens with one attached hydrogen (secondary N) is 3. The summed E-state index contributed by atoms with van der Waals surface area (Å²) in [5.41, 5.74) is 1.89. The fourth-order valence-corrected chi connectivity index (χ4v) is 3.02. The SMILES string of the molecule is CN=C(NCCNC(=O)c1ccc(OC)cc1)NCc1sccc1C. The van der Waals surface area contributed by atoms with Gasteiger partial charge in [0, 0.05) is 30.6 Å². The zero-order chi connectivity index (χ0) is 18.1. The van der Waals surface area contributed by atoms with Crippen molar-refractivity contribution in [2.24, 2.45) is 4.99 Å². The van der Waals surface area contributed by atoms with Crippen molar-refractivity contribution in [3.63, 3.8) is 0 Å². The molecule has 6 nitrogen and oxygen atoms in total. The van der Waals surface area contributed by atoms with E-state index in [4.69, 9.17) is 4.74 Å². The highest BCUT2D eigenvalue weighted by atomic mass is 32.1. The third kappa shape index (κ3) is 5.79. The van der Waals surface area contributed by atoms with Crippen LogP contribution in [0.15, 0.2) is 40.7 Å². The molecule has 7 heteroatoms. The normalized spacial score (nSPS) is 11.1. The Bertz CT molecular complexity index is 710. The fraction of sp³-hybridized carbons (Fsp3) is 0.333. The maximum Gasteiger partial charge on any atom is 0.251 e. The Labute approximate surface area is 152 Å². The van der Waals surface area contributed by atoms with Gasteiger partial charge in [0.15, 0.2) is 5.96 Å². The Kier molecular flexibility index (Phi) is 7.28. The largest absolute Gasteiger partial charge is 0.497 e. The number of carbonyl (C=O) groups is 1. The molecule has 3 N–H and O–H groups in total. The third-order valence-corrected chi connectivity index (χ3v) is 4.69. The Morgan fingerprint density at radius 3 is 2.44 bits per heavy atom. The van der Waals surface area contributed by atoms with E-state index in [9.17, 15) is 4.79 Å². The number of aryl methyl sites for hydroxylation is 1. The van der Waals surface area contributed by atoms with Crippen LogP contribution in [0.4, 0.5) is 0 Å². The highest BCUT2D eigenvalue weighted by Gasteiger charge is 2.05. The molecule has 0 atom stereocenters. The predicted molar refractivity (Wildman–Crippen MR) is 103 cm³/mol. The highest BCUT2D eigenvalue weighted by molar-refractivity contribution is 7.10.